The maximum Gasteiger partial charge on any atom is 0.0702 e. The van der Waals surface area contributed by atoms with Gasteiger partial charge in [-0.15, -0.1) is 0 Å². The van der Waals surface area contributed by atoms with Gasteiger partial charge in [-0.3, -0.25) is 4.98 Å². The molecule has 1 aliphatic carbocycles. The zero-order valence-corrected chi connectivity index (χ0v) is 9.76. The quantitative estimate of drug-likeness (QED) is 0.863. The molecule has 1 aliphatic rings. The van der Waals surface area contributed by atoms with Gasteiger partial charge < -0.3 is 5.32 Å². The Bertz CT molecular complexity index is 541. The number of benzene rings is 1. The number of fused-ring (bicyclic) bond motifs is 1. The molecule has 0 radical (unpaired) electrons. The van der Waals surface area contributed by atoms with Gasteiger partial charge in [-0.05, 0) is 36.6 Å². The topological polar surface area (TPSA) is 24.9 Å². The monoisotopic (exact) mass is 224 g/mol. The van der Waals surface area contributed by atoms with E-state index in [4.69, 9.17) is 0 Å². The van der Waals surface area contributed by atoms with Crippen LogP contribution in [0, 0.1) is 0 Å². The molecule has 0 amide bonds. The Morgan fingerprint density at radius 3 is 3.12 bits per heavy atom. The SMILES string of the molecule is C(=Cc1ccc2ncccc2c1)CNC1CC1. The molecule has 17 heavy (non-hydrogen) atoms. The summed E-state index contributed by atoms with van der Waals surface area (Å²) in [6.45, 7) is 0.968. The summed E-state index contributed by atoms with van der Waals surface area (Å²) in [5.41, 5.74) is 2.30. The molecule has 0 aliphatic heterocycles. The predicted molar refractivity (Wildman–Crippen MR) is 71.8 cm³/mol. The molecule has 1 aromatic carbocycles. The van der Waals surface area contributed by atoms with Gasteiger partial charge in [-0.2, -0.15) is 0 Å². The molecule has 1 saturated carbocycles. The molecule has 86 valence electrons. The number of pyridine rings is 1. The first kappa shape index (κ1) is 10.5. The summed E-state index contributed by atoms with van der Waals surface area (Å²) >= 11 is 0. The third-order valence-corrected chi connectivity index (χ3v) is 3.04. The van der Waals surface area contributed by atoms with E-state index in [0.29, 0.717) is 0 Å². The number of hydrogen-bond donors (Lipinski definition) is 1. The summed E-state index contributed by atoms with van der Waals surface area (Å²) in [6, 6.07) is 11.2. The van der Waals surface area contributed by atoms with E-state index in [9.17, 15) is 0 Å². The van der Waals surface area contributed by atoms with Crippen molar-refractivity contribution >= 4 is 17.0 Å². The third-order valence-electron chi connectivity index (χ3n) is 3.04. The van der Waals surface area contributed by atoms with Crippen molar-refractivity contribution in [1.82, 2.24) is 10.3 Å². The van der Waals surface area contributed by atoms with Gasteiger partial charge in [0.2, 0.25) is 0 Å². The maximum absolute atomic E-state index is 4.31. The Kier molecular flexibility index (Phi) is 2.88. The smallest absolute Gasteiger partial charge is 0.0702 e. The van der Waals surface area contributed by atoms with Gasteiger partial charge in [0, 0.05) is 24.2 Å². The van der Waals surface area contributed by atoms with Gasteiger partial charge in [0.1, 0.15) is 0 Å². The standard InChI is InChI=1S/C15H16N2/c1(9-16-14-6-7-14)3-12-5-8-15-13(11-12)4-2-10-17-15/h1-5,8,10-11,14,16H,6-7,9H2. The minimum Gasteiger partial charge on any atom is -0.311 e. The number of nitrogens with zero attached hydrogens (tertiary/aromatic N) is 1. The van der Waals surface area contributed by atoms with Crippen LogP contribution in [-0.4, -0.2) is 17.6 Å². The van der Waals surface area contributed by atoms with Crippen molar-refractivity contribution in [2.75, 3.05) is 6.54 Å². The maximum atomic E-state index is 4.31. The zero-order chi connectivity index (χ0) is 11.5. The van der Waals surface area contributed by atoms with Crippen LogP contribution in [0.2, 0.25) is 0 Å². The Balaban J connectivity index is 1.71. The summed E-state index contributed by atoms with van der Waals surface area (Å²) in [6.07, 6.45) is 8.88. The summed E-state index contributed by atoms with van der Waals surface area (Å²) < 4.78 is 0. The van der Waals surface area contributed by atoms with Crippen molar-refractivity contribution in [1.29, 1.82) is 0 Å². The average Bonchev–Trinajstić information content (AvgIpc) is 3.18. The highest BCUT2D eigenvalue weighted by atomic mass is 14.9. The van der Waals surface area contributed by atoms with Crippen molar-refractivity contribution in [3.05, 3.63) is 48.2 Å². The Morgan fingerprint density at radius 2 is 2.24 bits per heavy atom. The normalized spacial score (nSPS) is 15.8. The number of hydrogen-bond acceptors (Lipinski definition) is 2. The van der Waals surface area contributed by atoms with Gasteiger partial charge >= 0.3 is 0 Å². The highest BCUT2D eigenvalue weighted by Crippen LogP contribution is 2.18. The van der Waals surface area contributed by atoms with E-state index in [-0.39, 0.29) is 0 Å². The van der Waals surface area contributed by atoms with Crippen LogP contribution in [0.4, 0.5) is 0 Å². The fourth-order valence-corrected chi connectivity index (χ4v) is 1.91. The molecule has 0 unspecified atom stereocenters. The van der Waals surface area contributed by atoms with Crippen LogP contribution in [0.1, 0.15) is 18.4 Å². The summed E-state index contributed by atoms with van der Waals surface area (Å²) in [7, 11) is 0. The van der Waals surface area contributed by atoms with Gasteiger partial charge in [0.15, 0.2) is 0 Å². The van der Waals surface area contributed by atoms with Crippen molar-refractivity contribution in [2.24, 2.45) is 0 Å². The highest BCUT2D eigenvalue weighted by molar-refractivity contribution is 5.80. The molecule has 0 atom stereocenters. The molecule has 1 fully saturated rings. The molecule has 0 saturated heterocycles. The number of aromatic nitrogens is 1. The van der Waals surface area contributed by atoms with Gasteiger partial charge in [0.05, 0.1) is 5.52 Å². The summed E-state index contributed by atoms with van der Waals surface area (Å²) in [5.74, 6) is 0. The van der Waals surface area contributed by atoms with Crippen molar-refractivity contribution < 1.29 is 0 Å². The summed E-state index contributed by atoms with van der Waals surface area (Å²) in [5, 5.41) is 4.66. The first-order chi connectivity index (χ1) is 8.42. The third kappa shape index (κ3) is 2.71. The molecule has 0 bridgehead atoms. The van der Waals surface area contributed by atoms with Crippen LogP contribution in [0.5, 0.6) is 0 Å². The molecular weight excluding hydrogens is 208 g/mol. The van der Waals surface area contributed by atoms with Crippen LogP contribution in [0.25, 0.3) is 17.0 Å². The number of rotatable bonds is 4. The minimum absolute atomic E-state index is 0.778. The molecule has 1 N–H and O–H groups in total. The van der Waals surface area contributed by atoms with Gasteiger partial charge in [0.25, 0.3) is 0 Å². The molecular formula is C15H16N2. The fourth-order valence-electron chi connectivity index (χ4n) is 1.91. The van der Waals surface area contributed by atoms with Crippen LogP contribution in [0.15, 0.2) is 42.6 Å². The lowest BCUT2D eigenvalue weighted by atomic mass is 10.1. The molecule has 2 aromatic rings. The molecule has 1 aromatic heterocycles. The van der Waals surface area contributed by atoms with E-state index in [1.165, 1.54) is 23.8 Å². The van der Waals surface area contributed by atoms with Gasteiger partial charge in [-0.1, -0.05) is 24.3 Å². The Morgan fingerprint density at radius 1 is 1.29 bits per heavy atom. The van der Waals surface area contributed by atoms with Crippen molar-refractivity contribution in [3.63, 3.8) is 0 Å². The largest absolute Gasteiger partial charge is 0.311 e. The van der Waals surface area contributed by atoms with Crippen molar-refractivity contribution in [2.45, 2.75) is 18.9 Å². The molecule has 2 heteroatoms. The second kappa shape index (κ2) is 4.68. The zero-order valence-electron chi connectivity index (χ0n) is 9.76. The Labute approximate surface area is 101 Å². The second-order valence-corrected chi connectivity index (χ2v) is 4.54. The van der Waals surface area contributed by atoms with Gasteiger partial charge in [-0.25, -0.2) is 0 Å². The van der Waals surface area contributed by atoms with Crippen molar-refractivity contribution in [3.8, 4) is 0 Å². The van der Waals surface area contributed by atoms with E-state index < -0.39 is 0 Å². The lowest BCUT2D eigenvalue weighted by molar-refractivity contribution is 0.754. The fraction of sp³-hybridized carbons (Fsp3) is 0.267. The highest BCUT2D eigenvalue weighted by Gasteiger charge is 2.18. The van der Waals surface area contributed by atoms with E-state index in [2.05, 4.69) is 46.7 Å². The van der Waals surface area contributed by atoms with E-state index >= 15 is 0 Å². The van der Waals surface area contributed by atoms with Crippen LogP contribution < -0.4 is 5.32 Å². The molecule has 1 heterocycles. The number of nitrogens with one attached hydrogen (secondary N) is 1. The van der Waals surface area contributed by atoms with Crippen LogP contribution in [0.3, 0.4) is 0 Å². The lowest BCUT2D eigenvalue weighted by Crippen LogP contribution is -2.15. The summed E-state index contributed by atoms with van der Waals surface area (Å²) in [4.78, 5) is 4.31. The first-order valence-electron chi connectivity index (χ1n) is 6.16. The Hall–Kier alpha value is -1.67. The van der Waals surface area contributed by atoms with E-state index in [1.54, 1.807) is 0 Å². The lowest BCUT2D eigenvalue weighted by Gasteiger charge is -1.99. The van der Waals surface area contributed by atoms with Crippen LogP contribution >= 0.6 is 0 Å². The van der Waals surface area contributed by atoms with E-state index in [1.807, 2.05) is 12.3 Å². The molecule has 2 nitrogen and oxygen atoms in total. The van der Waals surface area contributed by atoms with Crippen LogP contribution in [-0.2, 0) is 0 Å². The molecule has 0 spiro atoms. The first-order valence-corrected chi connectivity index (χ1v) is 6.16. The minimum atomic E-state index is 0.778. The predicted octanol–water partition coefficient (Wildman–Crippen LogP) is 3.00. The average molecular weight is 224 g/mol. The molecule has 3 rings (SSSR count). The second-order valence-electron chi connectivity index (χ2n) is 4.54. The van der Waals surface area contributed by atoms with E-state index in [0.717, 1.165) is 18.1 Å².